The molecule has 28 heavy (non-hydrogen) atoms. The predicted molar refractivity (Wildman–Crippen MR) is 116 cm³/mol. The fraction of sp³-hybridized carbons (Fsp3) is 0.100. The summed E-state index contributed by atoms with van der Waals surface area (Å²) in [6.45, 7) is 1.78. The van der Waals surface area contributed by atoms with Crippen LogP contribution in [0.2, 0.25) is 10.0 Å². The van der Waals surface area contributed by atoms with E-state index in [1.807, 2.05) is 30.3 Å². The van der Waals surface area contributed by atoms with Crippen LogP contribution in [-0.2, 0) is 7.05 Å². The van der Waals surface area contributed by atoms with Crippen LogP contribution in [0.25, 0.3) is 15.8 Å². The second-order valence-corrected chi connectivity index (χ2v) is 8.14. The van der Waals surface area contributed by atoms with Crippen molar-refractivity contribution < 1.29 is 4.79 Å². The quantitative estimate of drug-likeness (QED) is 0.480. The summed E-state index contributed by atoms with van der Waals surface area (Å²) in [6.07, 6.45) is 0. The Kier molecular flexibility index (Phi) is 4.79. The molecule has 0 spiro atoms. The Balaban J connectivity index is 1.75. The monoisotopic (exact) mass is 431 g/mol. The summed E-state index contributed by atoms with van der Waals surface area (Å²) in [4.78, 5) is 26.2. The van der Waals surface area contributed by atoms with Crippen LogP contribution in [0.4, 0.5) is 5.69 Å². The fourth-order valence-corrected chi connectivity index (χ4v) is 4.76. The molecule has 142 valence electrons. The summed E-state index contributed by atoms with van der Waals surface area (Å²) in [7, 11) is 1.77. The van der Waals surface area contributed by atoms with Crippen molar-refractivity contribution in [3.8, 4) is 5.69 Å². The van der Waals surface area contributed by atoms with Gasteiger partial charge in [0, 0.05) is 22.2 Å². The molecule has 0 aliphatic carbocycles. The molecule has 0 radical (unpaired) electrons. The maximum absolute atomic E-state index is 13.0. The maximum atomic E-state index is 13.0. The van der Waals surface area contributed by atoms with Gasteiger partial charge in [-0.2, -0.15) is 0 Å². The van der Waals surface area contributed by atoms with Gasteiger partial charge in [-0.25, -0.2) is 4.68 Å². The third kappa shape index (κ3) is 3.03. The highest BCUT2D eigenvalue weighted by Gasteiger charge is 2.22. The van der Waals surface area contributed by atoms with E-state index >= 15 is 0 Å². The Morgan fingerprint density at radius 2 is 1.82 bits per heavy atom. The molecule has 1 amide bonds. The number of para-hydroxylation sites is 1. The van der Waals surface area contributed by atoms with Gasteiger partial charge in [-0.15, -0.1) is 11.3 Å². The zero-order chi connectivity index (χ0) is 20.0. The van der Waals surface area contributed by atoms with Crippen molar-refractivity contribution in [2.24, 2.45) is 7.05 Å². The Hall–Kier alpha value is -2.54. The number of thiophene rings is 1. The van der Waals surface area contributed by atoms with E-state index in [2.05, 4.69) is 5.32 Å². The molecule has 0 saturated carbocycles. The Morgan fingerprint density at radius 3 is 2.54 bits per heavy atom. The number of rotatable bonds is 3. The van der Waals surface area contributed by atoms with Gasteiger partial charge in [-0.3, -0.25) is 14.3 Å². The van der Waals surface area contributed by atoms with Crippen LogP contribution in [0.1, 0.15) is 15.4 Å². The van der Waals surface area contributed by atoms with Crippen LogP contribution < -0.4 is 10.9 Å². The van der Waals surface area contributed by atoms with E-state index < -0.39 is 5.91 Å². The molecule has 0 unspecified atom stereocenters. The van der Waals surface area contributed by atoms with Crippen molar-refractivity contribution in [3.63, 3.8) is 0 Å². The molecule has 0 atom stereocenters. The number of benzene rings is 2. The third-order valence-corrected chi connectivity index (χ3v) is 6.48. The molecule has 4 rings (SSSR count). The van der Waals surface area contributed by atoms with Gasteiger partial charge in [0.2, 0.25) is 0 Å². The lowest BCUT2D eigenvalue weighted by molar-refractivity contribution is 0.103. The number of anilines is 1. The van der Waals surface area contributed by atoms with Gasteiger partial charge < -0.3 is 5.32 Å². The number of fused-ring (bicyclic) bond motifs is 1. The zero-order valence-corrected chi connectivity index (χ0v) is 17.3. The van der Waals surface area contributed by atoms with Crippen molar-refractivity contribution >= 4 is 56.2 Å². The largest absolute Gasteiger partial charge is 0.315 e. The van der Waals surface area contributed by atoms with Crippen molar-refractivity contribution in [2.75, 3.05) is 5.32 Å². The Bertz CT molecular complexity index is 1270. The first-order valence-corrected chi connectivity index (χ1v) is 9.98. The van der Waals surface area contributed by atoms with E-state index in [0.29, 0.717) is 26.3 Å². The van der Waals surface area contributed by atoms with Crippen molar-refractivity contribution in [1.82, 2.24) is 9.36 Å². The molecule has 0 bridgehead atoms. The molecule has 2 heterocycles. The SMILES string of the molecule is Cc1c(NC(=O)c2sc3cc(Cl)ccc3c2Cl)c(=O)n(-c2ccccc2)n1C. The maximum Gasteiger partial charge on any atom is 0.295 e. The van der Waals surface area contributed by atoms with Crippen LogP contribution in [-0.4, -0.2) is 15.3 Å². The Morgan fingerprint density at radius 1 is 1.11 bits per heavy atom. The van der Waals surface area contributed by atoms with Crippen LogP contribution in [0.5, 0.6) is 0 Å². The Labute approximate surface area is 174 Å². The average molecular weight is 432 g/mol. The molecule has 0 aliphatic rings. The number of hydrogen-bond acceptors (Lipinski definition) is 3. The number of hydrogen-bond donors (Lipinski definition) is 1. The van der Waals surface area contributed by atoms with Gasteiger partial charge in [-0.05, 0) is 31.2 Å². The summed E-state index contributed by atoms with van der Waals surface area (Å²) < 4.78 is 4.03. The van der Waals surface area contributed by atoms with E-state index in [0.717, 1.165) is 10.1 Å². The number of carbonyl (C=O) groups is 1. The van der Waals surface area contributed by atoms with Gasteiger partial charge >= 0.3 is 0 Å². The normalized spacial score (nSPS) is 11.1. The zero-order valence-electron chi connectivity index (χ0n) is 15.0. The van der Waals surface area contributed by atoms with Gasteiger partial charge in [0.05, 0.1) is 16.4 Å². The molecule has 0 saturated heterocycles. The second-order valence-electron chi connectivity index (χ2n) is 6.28. The number of nitrogens with one attached hydrogen (secondary N) is 1. The minimum absolute atomic E-state index is 0.225. The molecular weight excluding hydrogens is 417 g/mol. The number of halogens is 2. The lowest BCUT2D eigenvalue weighted by Crippen LogP contribution is -2.22. The van der Waals surface area contributed by atoms with Crippen LogP contribution in [0, 0.1) is 6.92 Å². The van der Waals surface area contributed by atoms with Gasteiger partial charge in [-0.1, -0.05) is 47.5 Å². The molecule has 4 aromatic rings. The molecule has 2 aromatic carbocycles. The number of aromatic nitrogens is 2. The smallest absolute Gasteiger partial charge is 0.295 e. The lowest BCUT2D eigenvalue weighted by atomic mass is 10.2. The van der Waals surface area contributed by atoms with Crippen molar-refractivity contribution in [1.29, 1.82) is 0 Å². The first-order chi connectivity index (χ1) is 13.4. The highest BCUT2D eigenvalue weighted by molar-refractivity contribution is 7.21. The molecule has 5 nitrogen and oxygen atoms in total. The third-order valence-electron chi connectivity index (χ3n) is 4.59. The van der Waals surface area contributed by atoms with Gasteiger partial charge in [0.15, 0.2) is 0 Å². The first kappa shape index (κ1) is 18.8. The molecule has 0 fully saturated rings. The van der Waals surface area contributed by atoms with E-state index in [1.54, 1.807) is 36.9 Å². The summed E-state index contributed by atoms with van der Waals surface area (Å²) in [5.74, 6) is -0.423. The molecule has 0 aliphatic heterocycles. The minimum Gasteiger partial charge on any atom is -0.315 e. The predicted octanol–water partition coefficient (Wildman–Crippen LogP) is 5.26. The average Bonchev–Trinajstić information content (AvgIpc) is 3.11. The van der Waals surface area contributed by atoms with Crippen LogP contribution in [0.3, 0.4) is 0 Å². The molecule has 1 N–H and O–H groups in total. The van der Waals surface area contributed by atoms with Crippen LogP contribution >= 0.6 is 34.5 Å². The highest BCUT2D eigenvalue weighted by atomic mass is 35.5. The van der Waals surface area contributed by atoms with Crippen LogP contribution in [0.15, 0.2) is 53.3 Å². The summed E-state index contributed by atoms with van der Waals surface area (Å²) in [6, 6.07) is 14.5. The topological polar surface area (TPSA) is 56.0 Å². The van der Waals surface area contributed by atoms with Gasteiger partial charge in [0.25, 0.3) is 11.5 Å². The standard InChI is InChI=1S/C20H15Cl2N3O2S/c1-11-17(20(27)25(24(11)2)13-6-4-3-5-7-13)23-19(26)18-16(22)14-9-8-12(21)10-15(14)28-18/h3-10H,1-2H3,(H,23,26). The number of carbonyl (C=O) groups excluding carboxylic acids is 1. The van der Waals surface area contributed by atoms with Crippen molar-refractivity contribution in [3.05, 3.63) is 79.5 Å². The summed E-state index contributed by atoms with van der Waals surface area (Å²) in [5, 5.41) is 4.42. The highest BCUT2D eigenvalue weighted by Crippen LogP contribution is 2.37. The van der Waals surface area contributed by atoms with Crippen molar-refractivity contribution in [2.45, 2.75) is 6.92 Å². The lowest BCUT2D eigenvalue weighted by Gasteiger charge is -2.07. The first-order valence-electron chi connectivity index (χ1n) is 8.41. The minimum atomic E-state index is -0.423. The van der Waals surface area contributed by atoms with E-state index in [4.69, 9.17) is 23.2 Å². The molecular formula is C20H15Cl2N3O2S. The number of amides is 1. The van der Waals surface area contributed by atoms with E-state index in [-0.39, 0.29) is 11.2 Å². The molecule has 8 heteroatoms. The summed E-state index contributed by atoms with van der Waals surface area (Å²) in [5.41, 5.74) is 1.28. The fourth-order valence-electron chi connectivity index (χ4n) is 3.07. The van der Waals surface area contributed by atoms with Gasteiger partial charge in [0.1, 0.15) is 10.6 Å². The second kappa shape index (κ2) is 7.13. The summed E-state index contributed by atoms with van der Waals surface area (Å²) >= 11 is 13.7. The van der Waals surface area contributed by atoms with E-state index in [9.17, 15) is 9.59 Å². The number of nitrogens with zero attached hydrogens (tertiary/aromatic N) is 2. The van der Waals surface area contributed by atoms with E-state index in [1.165, 1.54) is 16.0 Å². The molecule has 2 aromatic heterocycles.